The van der Waals surface area contributed by atoms with E-state index >= 15 is 0 Å². The van der Waals surface area contributed by atoms with Gasteiger partial charge in [0, 0.05) is 13.0 Å². The second kappa shape index (κ2) is 9.02. The van der Waals surface area contributed by atoms with Crippen LogP contribution in [0.2, 0.25) is 0 Å². The highest BCUT2D eigenvalue weighted by atomic mass is 16.5. The van der Waals surface area contributed by atoms with Crippen LogP contribution in [0, 0.1) is 0 Å². The zero-order valence-electron chi connectivity index (χ0n) is 14.0. The van der Waals surface area contributed by atoms with Crippen molar-refractivity contribution in [3.63, 3.8) is 0 Å². The summed E-state index contributed by atoms with van der Waals surface area (Å²) in [7, 11) is 0. The van der Waals surface area contributed by atoms with Crippen LogP contribution in [0.25, 0.3) is 0 Å². The van der Waals surface area contributed by atoms with Crippen LogP contribution in [0.3, 0.4) is 0 Å². The minimum atomic E-state index is -0.863. The molecule has 6 nitrogen and oxygen atoms in total. The molecule has 0 aliphatic carbocycles. The van der Waals surface area contributed by atoms with Crippen molar-refractivity contribution < 1.29 is 19.4 Å². The molecular weight excluding hydrogens is 296 g/mol. The lowest BCUT2D eigenvalue weighted by Crippen LogP contribution is -2.38. The van der Waals surface area contributed by atoms with E-state index in [1.165, 1.54) is 5.56 Å². The average Bonchev–Trinajstić information content (AvgIpc) is 2.47. The molecule has 23 heavy (non-hydrogen) atoms. The van der Waals surface area contributed by atoms with Gasteiger partial charge in [-0.3, -0.25) is 4.79 Å². The fraction of sp³-hybridized carbons (Fsp3) is 0.529. The Hall–Kier alpha value is -2.24. The van der Waals surface area contributed by atoms with Crippen molar-refractivity contribution in [1.82, 2.24) is 10.6 Å². The van der Waals surface area contributed by atoms with Crippen molar-refractivity contribution in [3.8, 4) is 5.75 Å². The molecule has 0 aromatic heterocycles. The number of rotatable bonds is 8. The third kappa shape index (κ3) is 8.09. The highest BCUT2D eigenvalue weighted by Gasteiger charge is 2.12. The number of amides is 2. The van der Waals surface area contributed by atoms with Gasteiger partial charge < -0.3 is 20.5 Å². The standard InChI is InChI=1S/C17H26N2O4/c1-17(2,3)13-6-8-14(9-7-13)23-12-11-19-16(22)18-10-4-5-15(20)21/h6-9H,4-5,10-12H2,1-3H3,(H,20,21)(H2,18,19,22). The van der Waals surface area contributed by atoms with Gasteiger partial charge in [0.1, 0.15) is 12.4 Å². The molecule has 0 bridgehead atoms. The van der Waals surface area contributed by atoms with Gasteiger partial charge >= 0.3 is 12.0 Å². The van der Waals surface area contributed by atoms with Crippen molar-refractivity contribution in [3.05, 3.63) is 29.8 Å². The van der Waals surface area contributed by atoms with Crippen LogP contribution in [0.4, 0.5) is 4.79 Å². The molecule has 0 radical (unpaired) electrons. The number of carbonyl (C=O) groups is 2. The minimum absolute atomic E-state index is 0.0496. The number of ether oxygens (including phenoxy) is 1. The van der Waals surface area contributed by atoms with E-state index < -0.39 is 5.97 Å². The third-order valence-corrected chi connectivity index (χ3v) is 3.23. The van der Waals surface area contributed by atoms with Gasteiger partial charge in [0.25, 0.3) is 0 Å². The molecule has 0 spiro atoms. The summed E-state index contributed by atoms with van der Waals surface area (Å²) in [6.07, 6.45) is 0.466. The molecule has 0 aliphatic rings. The Morgan fingerprint density at radius 3 is 2.26 bits per heavy atom. The number of nitrogens with one attached hydrogen (secondary N) is 2. The first-order valence-corrected chi connectivity index (χ1v) is 7.76. The normalized spacial score (nSPS) is 10.9. The molecule has 1 aromatic carbocycles. The van der Waals surface area contributed by atoms with Crippen LogP contribution in [0.1, 0.15) is 39.2 Å². The molecule has 0 unspecified atom stereocenters. The monoisotopic (exact) mass is 322 g/mol. The molecule has 0 atom stereocenters. The summed E-state index contributed by atoms with van der Waals surface area (Å²) in [5.74, 6) is -0.0975. The van der Waals surface area contributed by atoms with E-state index in [-0.39, 0.29) is 17.9 Å². The molecule has 1 aromatic rings. The van der Waals surface area contributed by atoms with Crippen LogP contribution >= 0.6 is 0 Å². The average molecular weight is 322 g/mol. The van der Waals surface area contributed by atoms with Gasteiger partial charge in [-0.25, -0.2) is 4.79 Å². The quantitative estimate of drug-likeness (QED) is 0.642. The number of carboxylic acids is 1. The predicted molar refractivity (Wildman–Crippen MR) is 88.9 cm³/mol. The molecule has 6 heteroatoms. The maximum Gasteiger partial charge on any atom is 0.314 e. The maximum atomic E-state index is 11.4. The largest absolute Gasteiger partial charge is 0.492 e. The van der Waals surface area contributed by atoms with E-state index in [0.717, 1.165) is 5.75 Å². The first kappa shape index (κ1) is 18.8. The fourth-order valence-corrected chi connectivity index (χ4v) is 1.89. The van der Waals surface area contributed by atoms with E-state index in [2.05, 4.69) is 31.4 Å². The maximum absolute atomic E-state index is 11.4. The molecule has 0 aliphatic heterocycles. The Kier molecular flexibility index (Phi) is 7.38. The van der Waals surface area contributed by atoms with Gasteiger partial charge in [-0.15, -0.1) is 0 Å². The zero-order valence-corrected chi connectivity index (χ0v) is 14.0. The second-order valence-corrected chi connectivity index (χ2v) is 6.30. The fourth-order valence-electron chi connectivity index (χ4n) is 1.89. The summed E-state index contributed by atoms with van der Waals surface area (Å²) in [5.41, 5.74) is 1.35. The first-order chi connectivity index (χ1) is 10.8. The third-order valence-electron chi connectivity index (χ3n) is 3.23. The highest BCUT2D eigenvalue weighted by Crippen LogP contribution is 2.24. The molecular formula is C17H26N2O4. The molecule has 0 saturated carbocycles. The molecule has 2 amide bonds. The Labute approximate surface area is 137 Å². The highest BCUT2D eigenvalue weighted by molar-refractivity contribution is 5.73. The summed E-state index contributed by atoms with van der Waals surface area (Å²) < 4.78 is 5.56. The van der Waals surface area contributed by atoms with Crippen molar-refractivity contribution in [1.29, 1.82) is 0 Å². The smallest absolute Gasteiger partial charge is 0.314 e. The summed E-state index contributed by atoms with van der Waals surface area (Å²) in [6, 6.07) is 7.61. The predicted octanol–water partition coefficient (Wildman–Crippen LogP) is 2.53. The number of hydrogen-bond donors (Lipinski definition) is 3. The van der Waals surface area contributed by atoms with E-state index in [1.807, 2.05) is 24.3 Å². The summed E-state index contributed by atoms with van der Waals surface area (Å²) in [6.45, 7) is 7.56. The molecule has 0 heterocycles. The lowest BCUT2D eigenvalue weighted by molar-refractivity contribution is -0.137. The van der Waals surface area contributed by atoms with Gasteiger partial charge in [-0.1, -0.05) is 32.9 Å². The SMILES string of the molecule is CC(C)(C)c1ccc(OCCNC(=O)NCCCC(=O)O)cc1. The van der Waals surface area contributed by atoms with E-state index in [9.17, 15) is 9.59 Å². The Morgan fingerprint density at radius 2 is 1.70 bits per heavy atom. The summed E-state index contributed by atoms with van der Waals surface area (Å²) in [4.78, 5) is 21.7. The van der Waals surface area contributed by atoms with Crippen LogP contribution in [0.5, 0.6) is 5.75 Å². The van der Waals surface area contributed by atoms with E-state index in [4.69, 9.17) is 9.84 Å². The number of hydrogen-bond acceptors (Lipinski definition) is 3. The number of urea groups is 1. The van der Waals surface area contributed by atoms with Gasteiger partial charge in [-0.05, 0) is 29.5 Å². The van der Waals surface area contributed by atoms with Gasteiger partial charge in [0.05, 0.1) is 6.54 Å². The number of benzene rings is 1. The van der Waals surface area contributed by atoms with Gasteiger partial charge in [-0.2, -0.15) is 0 Å². The van der Waals surface area contributed by atoms with Crippen molar-refractivity contribution >= 4 is 12.0 Å². The van der Waals surface area contributed by atoms with Gasteiger partial charge in [0.15, 0.2) is 0 Å². The van der Waals surface area contributed by atoms with Crippen LogP contribution in [0.15, 0.2) is 24.3 Å². The molecule has 128 valence electrons. The van der Waals surface area contributed by atoms with E-state index in [1.54, 1.807) is 0 Å². The van der Waals surface area contributed by atoms with Crippen molar-refractivity contribution in [2.24, 2.45) is 0 Å². The minimum Gasteiger partial charge on any atom is -0.492 e. The molecule has 0 saturated heterocycles. The van der Waals surface area contributed by atoms with Crippen molar-refractivity contribution in [2.75, 3.05) is 19.7 Å². The second-order valence-electron chi connectivity index (χ2n) is 6.30. The number of aliphatic carboxylic acids is 1. The lowest BCUT2D eigenvalue weighted by Gasteiger charge is -2.19. The molecule has 0 fully saturated rings. The van der Waals surface area contributed by atoms with Crippen LogP contribution < -0.4 is 15.4 Å². The Bertz CT molecular complexity index is 506. The molecule has 1 rings (SSSR count). The van der Waals surface area contributed by atoms with Crippen molar-refractivity contribution in [2.45, 2.75) is 39.0 Å². The van der Waals surface area contributed by atoms with E-state index in [0.29, 0.717) is 26.1 Å². The lowest BCUT2D eigenvalue weighted by atomic mass is 9.87. The van der Waals surface area contributed by atoms with Crippen LogP contribution in [-0.2, 0) is 10.2 Å². The zero-order chi connectivity index (χ0) is 17.3. The topological polar surface area (TPSA) is 87.7 Å². The Morgan fingerprint density at radius 1 is 1.09 bits per heavy atom. The Balaban J connectivity index is 2.17. The summed E-state index contributed by atoms with van der Waals surface area (Å²) in [5, 5.41) is 13.7. The van der Waals surface area contributed by atoms with Gasteiger partial charge in [0.2, 0.25) is 0 Å². The molecule has 3 N–H and O–H groups in total. The van der Waals surface area contributed by atoms with Crippen LogP contribution in [-0.4, -0.2) is 36.8 Å². The number of carboxylic acid groups (broad SMARTS) is 1. The first-order valence-electron chi connectivity index (χ1n) is 7.76. The summed E-state index contributed by atoms with van der Waals surface area (Å²) >= 11 is 0. The number of carbonyl (C=O) groups excluding carboxylic acids is 1.